The molecule has 0 saturated heterocycles. The lowest BCUT2D eigenvalue weighted by Gasteiger charge is -2.18. The van der Waals surface area contributed by atoms with Gasteiger partial charge in [0, 0.05) is 13.1 Å². The lowest BCUT2D eigenvalue weighted by Crippen LogP contribution is -2.33. The maximum atomic E-state index is 11.8. The molecule has 0 unspecified atom stereocenters. The highest BCUT2D eigenvalue weighted by Gasteiger charge is 2.09. The summed E-state index contributed by atoms with van der Waals surface area (Å²) in [4.78, 5) is 13.7. The van der Waals surface area contributed by atoms with E-state index >= 15 is 0 Å². The Bertz CT molecular complexity index is 420. The van der Waals surface area contributed by atoms with Crippen molar-refractivity contribution in [1.82, 2.24) is 4.90 Å². The smallest absolute Gasteiger partial charge is 0.238 e. The molecule has 1 rings (SSSR count). The average molecular weight is 246 g/mol. The Morgan fingerprint density at radius 2 is 1.89 bits per heavy atom. The van der Waals surface area contributed by atoms with Crippen LogP contribution in [0.2, 0.25) is 0 Å². The third kappa shape index (κ3) is 4.43. The summed E-state index contributed by atoms with van der Waals surface area (Å²) in [5.41, 5.74) is 0.416. The number of benzene rings is 1. The molecule has 0 saturated carbocycles. The summed E-state index contributed by atoms with van der Waals surface area (Å²) in [7, 11) is 0. The number of phenols is 1. The first kappa shape index (κ1) is 14.0. The van der Waals surface area contributed by atoms with Gasteiger partial charge in [0.05, 0.1) is 12.2 Å². The van der Waals surface area contributed by atoms with Crippen LogP contribution in [0.4, 0.5) is 5.69 Å². The maximum absolute atomic E-state index is 11.8. The van der Waals surface area contributed by atoms with Gasteiger partial charge < -0.3 is 10.4 Å². The third-order valence-corrected chi connectivity index (χ3v) is 2.32. The number of carbonyl (C=O) groups is 1. The highest BCUT2D eigenvalue weighted by Crippen LogP contribution is 2.21. The fourth-order valence-corrected chi connectivity index (χ4v) is 1.54. The molecule has 18 heavy (non-hydrogen) atoms. The zero-order valence-corrected chi connectivity index (χ0v) is 10.3. The van der Waals surface area contributed by atoms with Gasteiger partial charge in [-0.25, -0.2) is 0 Å². The Hall–Kier alpha value is -2.07. The molecule has 0 aromatic heterocycles. The van der Waals surface area contributed by atoms with Crippen molar-refractivity contribution >= 4 is 11.6 Å². The van der Waals surface area contributed by atoms with Gasteiger partial charge in [-0.1, -0.05) is 24.3 Å². The minimum Gasteiger partial charge on any atom is -0.506 e. The van der Waals surface area contributed by atoms with E-state index in [1.54, 1.807) is 30.4 Å². The second-order valence-corrected chi connectivity index (χ2v) is 3.84. The molecular formula is C14H18N2O2. The van der Waals surface area contributed by atoms with Crippen LogP contribution in [0.3, 0.4) is 0 Å². The van der Waals surface area contributed by atoms with Gasteiger partial charge >= 0.3 is 0 Å². The van der Waals surface area contributed by atoms with Gasteiger partial charge in [-0.05, 0) is 12.1 Å². The largest absolute Gasteiger partial charge is 0.506 e. The SMILES string of the molecule is C=CCN(CC=C)CC(=O)Nc1ccccc1O. The van der Waals surface area contributed by atoms with E-state index in [0.717, 1.165) is 0 Å². The number of hydrogen-bond acceptors (Lipinski definition) is 3. The summed E-state index contributed by atoms with van der Waals surface area (Å²) in [5.74, 6) is -0.120. The molecule has 0 spiro atoms. The van der Waals surface area contributed by atoms with Crippen LogP contribution in [-0.2, 0) is 4.79 Å². The molecule has 4 heteroatoms. The fraction of sp³-hybridized carbons (Fsp3) is 0.214. The van der Waals surface area contributed by atoms with Crippen LogP contribution in [0.15, 0.2) is 49.6 Å². The second kappa shape index (κ2) is 7.29. The van der Waals surface area contributed by atoms with E-state index in [4.69, 9.17) is 0 Å². The Kier molecular flexibility index (Phi) is 5.67. The zero-order valence-electron chi connectivity index (χ0n) is 10.3. The van der Waals surface area contributed by atoms with Crippen LogP contribution in [0, 0.1) is 0 Å². The topological polar surface area (TPSA) is 52.6 Å². The Morgan fingerprint density at radius 3 is 2.44 bits per heavy atom. The van der Waals surface area contributed by atoms with Gasteiger partial charge in [-0.15, -0.1) is 13.2 Å². The van der Waals surface area contributed by atoms with E-state index < -0.39 is 0 Å². The first-order chi connectivity index (χ1) is 8.67. The molecule has 0 aliphatic heterocycles. The standard InChI is InChI=1S/C14H18N2O2/c1-3-9-16(10-4-2)11-14(18)15-12-7-5-6-8-13(12)17/h3-8,17H,1-2,9-11H2,(H,15,18). The van der Waals surface area contributed by atoms with Gasteiger partial charge in [0.25, 0.3) is 0 Å². The number of amides is 1. The second-order valence-electron chi connectivity index (χ2n) is 3.84. The molecule has 1 aromatic rings. The number of aromatic hydroxyl groups is 1. The predicted molar refractivity (Wildman–Crippen MR) is 73.6 cm³/mol. The molecule has 0 radical (unpaired) electrons. The van der Waals surface area contributed by atoms with E-state index in [-0.39, 0.29) is 18.2 Å². The minimum absolute atomic E-state index is 0.0600. The van der Waals surface area contributed by atoms with Gasteiger partial charge in [0.15, 0.2) is 0 Å². The summed E-state index contributed by atoms with van der Waals surface area (Å²) in [5, 5.41) is 12.2. The molecule has 4 nitrogen and oxygen atoms in total. The average Bonchev–Trinajstić information content (AvgIpc) is 2.33. The molecule has 1 aromatic carbocycles. The Labute approximate surface area is 107 Å². The molecule has 0 atom stereocenters. The first-order valence-electron chi connectivity index (χ1n) is 5.69. The summed E-state index contributed by atoms with van der Waals surface area (Å²) in [6.07, 6.45) is 3.47. The molecule has 0 bridgehead atoms. The third-order valence-electron chi connectivity index (χ3n) is 2.32. The number of nitrogens with one attached hydrogen (secondary N) is 1. The monoisotopic (exact) mass is 246 g/mol. The van der Waals surface area contributed by atoms with Crippen molar-refractivity contribution in [3.63, 3.8) is 0 Å². The van der Waals surface area contributed by atoms with E-state index in [2.05, 4.69) is 18.5 Å². The first-order valence-corrected chi connectivity index (χ1v) is 5.69. The van der Waals surface area contributed by atoms with Gasteiger partial charge in [-0.3, -0.25) is 9.69 Å². The molecule has 96 valence electrons. The molecular weight excluding hydrogens is 228 g/mol. The lowest BCUT2D eigenvalue weighted by molar-refractivity contribution is -0.117. The van der Waals surface area contributed by atoms with Gasteiger partial charge in [0.1, 0.15) is 5.75 Å². The molecule has 0 fully saturated rings. The number of para-hydroxylation sites is 2. The van der Waals surface area contributed by atoms with E-state index in [1.807, 2.05) is 4.90 Å². The van der Waals surface area contributed by atoms with Crippen molar-refractivity contribution in [2.45, 2.75) is 0 Å². The molecule has 1 amide bonds. The quantitative estimate of drug-likeness (QED) is 0.571. The van der Waals surface area contributed by atoms with Crippen molar-refractivity contribution in [3.05, 3.63) is 49.6 Å². The lowest BCUT2D eigenvalue weighted by atomic mass is 10.3. The summed E-state index contributed by atoms with van der Waals surface area (Å²) >= 11 is 0. The summed E-state index contributed by atoms with van der Waals surface area (Å²) in [6, 6.07) is 6.63. The number of carbonyl (C=O) groups excluding carboxylic acids is 1. The van der Waals surface area contributed by atoms with Crippen molar-refractivity contribution in [2.75, 3.05) is 25.0 Å². The van der Waals surface area contributed by atoms with Gasteiger partial charge in [0.2, 0.25) is 5.91 Å². The fourth-order valence-electron chi connectivity index (χ4n) is 1.54. The van der Waals surface area contributed by atoms with Crippen LogP contribution < -0.4 is 5.32 Å². The van der Waals surface area contributed by atoms with E-state index in [9.17, 15) is 9.90 Å². The molecule has 0 aliphatic rings. The highest BCUT2D eigenvalue weighted by molar-refractivity contribution is 5.93. The number of rotatable bonds is 7. The van der Waals surface area contributed by atoms with E-state index in [1.165, 1.54) is 6.07 Å². The van der Waals surface area contributed by atoms with Crippen molar-refractivity contribution < 1.29 is 9.90 Å². The van der Waals surface area contributed by atoms with Crippen LogP contribution in [0.5, 0.6) is 5.75 Å². The van der Waals surface area contributed by atoms with Crippen molar-refractivity contribution in [1.29, 1.82) is 0 Å². The Balaban J connectivity index is 2.57. The van der Waals surface area contributed by atoms with Crippen molar-refractivity contribution in [2.24, 2.45) is 0 Å². The van der Waals surface area contributed by atoms with E-state index in [0.29, 0.717) is 18.8 Å². The number of nitrogens with zero attached hydrogens (tertiary/aromatic N) is 1. The zero-order chi connectivity index (χ0) is 13.4. The number of phenolic OH excluding ortho intramolecular Hbond substituents is 1. The van der Waals surface area contributed by atoms with Crippen molar-refractivity contribution in [3.8, 4) is 5.75 Å². The number of hydrogen-bond donors (Lipinski definition) is 2. The maximum Gasteiger partial charge on any atom is 0.238 e. The van der Waals surface area contributed by atoms with Gasteiger partial charge in [-0.2, -0.15) is 0 Å². The normalized spacial score (nSPS) is 10.1. The summed E-state index contributed by atoms with van der Waals surface area (Å²) < 4.78 is 0. The number of anilines is 1. The molecule has 2 N–H and O–H groups in total. The van der Waals surface area contributed by atoms with Crippen LogP contribution in [0.25, 0.3) is 0 Å². The predicted octanol–water partition coefficient (Wildman–Crippen LogP) is 2.00. The molecule has 0 aliphatic carbocycles. The highest BCUT2D eigenvalue weighted by atomic mass is 16.3. The molecule has 0 heterocycles. The van der Waals surface area contributed by atoms with Crippen LogP contribution in [0.1, 0.15) is 0 Å². The minimum atomic E-state index is -0.180. The Morgan fingerprint density at radius 1 is 1.28 bits per heavy atom. The summed E-state index contributed by atoms with van der Waals surface area (Å²) in [6.45, 7) is 8.73. The van der Waals surface area contributed by atoms with Crippen LogP contribution in [-0.4, -0.2) is 35.5 Å². The van der Waals surface area contributed by atoms with Crippen LogP contribution >= 0.6 is 0 Å².